The van der Waals surface area contributed by atoms with E-state index < -0.39 is 0 Å². The molecule has 0 bridgehead atoms. The topological polar surface area (TPSA) is 20.2 Å². The number of aliphatic hydroxyl groups is 1. The van der Waals surface area contributed by atoms with Gasteiger partial charge in [-0.1, -0.05) is 12.8 Å². The van der Waals surface area contributed by atoms with Crippen molar-refractivity contribution in [2.24, 2.45) is 11.8 Å². The van der Waals surface area contributed by atoms with Gasteiger partial charge < -0.3 is 38.0 Å². The summed E-state index contributed by atoms with van der Waals surface area (Å²) in [6.45, 7) is 11.2. The molecule has 4 heteroatoms. The highest BCUT2D eigenvalue weighted by molar-refractivity contribution is 4.80. The Hall–Kier alpha value is 0.610. The number of quaternary nitrogens is 2. The number of likely N-dealkylation sites (tertiary alicyclic amines) is 1. The molecule has 126 valence electrons. The van der Waals surface area contributed by atoms with Crippen LogP contribution in [-0.2, 0) is 0 Å². The van der Waals surface area contributed by atoms with Crippen LogP contribution >= 0.6 is 0 Å². The van der Waals surface area contributed by atoms with Crippen molar-refractivity contribution in [3.05, 3.63) is 0 Å². The SMILES string of the molecule is CC[N+](C)(CC)CC(O)C[N+]1(C)CC2CCCCC2C1.[I-]. The maximum Gasteiger partial charge on any atom is 0.152 e. The molecule has 2 fully saturated rings. The van der Waals surface area contributed by atoms with Crippen molar-refractivity contribution in [3.8, 4) is 0 Å². The van der Waals surface area contributed by atoms with E-state index in [1.165, 1.54) is 38.8 Å². The van der Waals surface area contributed by atoms with E-state index >= 15 is 0 Å². The molecule has 0 radical (unpaired) electrons. The van der Waals surface area contributed by atoms with Gasteiger partial charge in [0.15, 0.2) is 6.10 Å². The average Bonchev–Trinajstić information content (AvgIpc) is 2.73. The van der Waals surface area contributed by atoms with Crippen molar-refractivity contribution >= 4 is 0 Å². The molecule has 3 nitrogen and oxygen atoms in total. The maximum atomic E-state index is 10.6. The van der Waals surface area contributed by atoms with Crippen molar-refractivity contribution in [3.63, 3.8) is 0 Å². The highest BCUT2D eigenvalue weighted by Gasteiger charge is 2.44. The number of rotatable bonds is 6. The number of nitrogens with zero attached hydrogens (tertiary/aromatic N) is 2. The predicted molar refractivity (Wildman–Crippen MR) is 84.4 cm³/mol. The quantitative estimate of drug-likeness (QED) is 0.444. The van der Waals surface area contributed by atoms with E-state index in [2.05, 4.69) is 27.9 Å². The Balaban J connectivity index is 0.00000220. The zero-order chi connectivity index (χ0) is 14.8. The van der Waals surface area contributed by atoms with E-state index in [-0.39, 0.29) is 30.1 Å². The number of likely N-dealkylation sites (N-methyl/N-ethyl adjacent to an activating group) is 2. The van der Waals surface area contributed by atoms with Crippen LogP contribution in [0.2, 0.25) is 0 Å². The lowest BCUT2D eigenvalue weighted by Gasteiger charge is -2.37. The van der Waals surface area contributed by atoms with Crippen LogP contribution in [0.15, 0.2) is 0 Å². The summed E-state index contributed by atoms with van der Waals surface area (Å²) in [5.41, 5.74) is 0. The van der Waals surface area contributed by atoms with Gasteiger partial charge in [-0.15, -0.1) is 0 Å². The van der Waals surface area contributed by atoms with Gasteiger partial charge in [0.2, 0.25) is 0 Å². The van der Waals surface area contributed by atoms with Crippen LogP contribution in [0, 0.1) is 11.8 Å². The summed E-state index contributed by atoms with van der Waals surface area (Å²) < 4.78 is 2.11. The van der Waals surface area contributed by atoms with E-state index in [0.29, 0.717) is 0 Å². The minimum Gasteiger partial charge on any atom is -1.00 e. The fraction of sp³-hybridized carbons (Fsp3) is 1.00. The number of aliphatic hydroxyl groups excluding tert-OH is 1. The molecular weight excluding hydrogens is 375 g/mol. The highest BCUT2D eigenvalue weighted by atomic mass is 127. The third-order valence-corrected chi connectivity index (χ3v) is 6.25. The molecule has 21 heavy (non-hydrogen) atoms. The zero-order valence-corrected chi connectivity index (χ0v) is 16.7. The van der Waals surface area contributed by atoms with Gasteiger partial charge in [-0.05, 0) is 26.7 Å². The molecule has 2 aliphatic rings. The number of fused-ring (bicyclic) bond motifs is 1. The Kier molecular flexibility index (Phi) is 7.42. The van der Waals surface area contributed by atoms with Crippen LogP contribution in [0.3, 0.4) is 0 Å². The Labute approximate surface area is 148 Å². The average molecular weight is 411 g/mol. The smallest absolute Gasteiger partial charge is 0.152 e. The van der Waals surface area contributed by atoms with Crippen molar-refractivity contribution in [1.29, 1.82) is 0 Å². The van der Waals surface area contributed by atoms with Crippen molar-refractivity contribution < 1.29 is 38.0 Å². The summed E-state index contributed by atoms with van der Waals surface area (Å²) in [7, 11) is 4.65. The molecule has 2 rings (SSSR count). The maximum absolute atomic E-state index is 10.6. The van der Waals surface area contributed by atoms with Gasteiger partial charge in [0, 0.05) is 11.8 Å². The first kappa shape index (κ1) is 19.7. The monoisotopic (exact) mass is 411 g/mol. The Morgan fingerprint density at radius 1 is 1.10 bits per heavy atom. The van der Waals surface area contributed by atoms with E-state index in [4.69, 9.17) is 0 Å². The third-order valence-electron chi connectivity index (χ3n) is 6.25. The molecule has 1 heterocycles. The first-order valence-electron chi connectivity index (χ1n) is 8.75. The minimum atomic E-state index is -0.148. The normalized spacial score (nSPS) is 34.1. The summed E-state index contributed by atoms with van der Waals surface area (Å²) in [5.74, 6) is 1.89. The van der Waals surface area contributed by atoms with E-state index in [1.807, 2.05) is 0 Å². The lowest BCUT2D eigenvalue weighted by atomic mass is 9.82. The fourth-order valence-corrected chi connectivity index (χ4v) is 4.68. The molecule has 0 aromatic carbocycles. The van der Waals surface area contributed by atoms with Crippen LogP contribution < -0.4 is 24.0 Å². The number of hydrogen-bond acceptors (Lipinski definition) is 1. The van der Waals surface area contributed by atoms with Gasteiger partial charge in [-0.25, -0.2) is 0 Å². The largest absolute Gasteiger partial charge is 1.00 e. The summed E-state index contributed by atoms with van der Waals surface area (Å²) >= 11 is 0. The third kappa shape index (κ3) is 5.05. The van der Waals surface area contributed by atoms with Gasteiger partial charge in [-0.2, -0.15) is 0 Å². The van der Waals surface area contributed by atoms with E-state index in [9.17, 15) is 5.11 Å². The molecule has 1 saturated carbocycles. The molecule has 1 aliphatic heterocycles. The van der Waals surface area contributed by atoms with Crippen LogP contribution in [-0.4, -0.2) is 73.5 Å². The molecule has 3 unspecified atom stereocenters. The van der Waals surface area contributed by atoms with Crippen LogP contribution in [0.25, 0.3) is 0 Å². The van der Waals surface area contributed by atoms with Crippen molar-refractivity contribution in [2.75, 3.05) is 53.4 Å². The summed E-state index contributed by atoms with van der Waals surface area (Å²) in [6.07, 6.45) is 5.60. The minimum absolute atomic E-state index is 0. The molecule has 0 amide bonds. The van der Waals surface area contributed by atoms with Gasteiger partial charge in [0.25, 0.3) is 0 Å². The van der Waals surface area contributed by atoms with Crippen LogP contribution in [0.4, 0.5) is 0 Å². The lowest BCUT2D eigenvalue weighted by molar-refractivity contribution is -0.927. The number of halogens is 1. The summed E-state index contributed by atoms with van der Waals surface area (Å²) in [6, 6.07) is 0. The highest BCUT2D eigenvalue weighted by Crippen LogP contribution is 2.39. The first-order valence-corrected chi connectivity index (χ1v) is 8.75. The van der Waals surface area contributed by atoms with Gasteiger partial charge in [0.1, 0.15) is 13.1 Å². The van der Waals surface area contributed by atoms with Gasteiger partial charge in [0.05, 0.1) is 40.3 Å². The number of hydrogen-bond donors (Lipinski definition) is 1. The fourth-order valence-electron chi connectivity index (χ4n) is 4.68. The predicted octanol–water partition coefficient (Wildman–Crippen LogP) is -0.896. The van der Waals surface area contributed by atoms with Crippen molar-refractivity contribution in [1.82, 2.24) is 0 Å². The second kappa shape index (κ2) is 7.93. The Bertz CT molecular complexity index is 306. The zero-order valence-electron chi connectivity index (χ0n) is 14.5. The molecule has 3 atom stereocenters. The second-order valence-corrected chi connectivity index (χ2v) is 8.06. The Morgan fingerprint density at radius 2 is 1.57 bits per heavy atom. The van der Waals surface area contributed by atoms with E-state index in [0.717, 1.165) is 47.0 Å². The standard InChI is InChI=1S/C17H36N2O.HI/c1-5-18(3,6-2)13-17(20)14-19(4)11-15-9-7-8-10-16(15)12-19;/h15-17,20H,5-14H2,1-4H3;1H/q+2;/p-1. The van der Waals surface area contributed by atoms with E-state index in [1.54, 1.807) is 0 Å². The molecule has 0 spiro atoms. The molecule has 1 saturated heterocycles. The summed E-state index contributed by atoms with van der Waals surface area (Å²) in [4.78, 5) is 0. The molecular formula is C17H36IN2O+. The lowest BCUT2D eigenvalue weighted by Crippen LogP contribution is -3.00. The first-order chi connectivity index (χ1) is 9.40. The van der Waals surface area contributed by atoms with Gasteiger partial charge >= 0.3 is 0 Å². The van der Waals surface area contributed by atoms with Gasteiger partial charge in [-0.3, -0.25) is 0 Å². The van der Waals surface area contributed by atoms with Crippen LogP contribution in [0.5, 0.6) is 0 Å². The molecule has 0 aromatic rings. The summed E-state index contributed by atoms with van der Waals surface area (Å²) in [5, 5.41) is 10.6. The molecule has 1 N–H and O–H groups in total. The van der Waals surface area contributed by atoms with Crippen LogP contribution in [0.1, 0.15) is 39.5 Å². The Morgan fingerprint density at radius 3 is 2.00 bits per heavy atom. The molecule has 0 aromatic heterocycles. The second-order valence-electron chi connectivity index (χ2n) is 8.06. The van der Waals surface area contributed by atoms with Crippen molar-refractivity contribution in [2.45, 2.75) is 45.6 Å². The molecule has 1 aliphatic carbocycles.